The summed E-state index contributed by atoms with van der Waals surface area (Å²) in [5.41, 5.74) is 5.99. The average Bonchev–Trinajstić information content (AvgIpc) is 2.37. The molecule has 5 heteroatoms. The maximum atomic E-state index is 6.08. The van der Waals surface area contributed by atoms with Crippen LogP contribution in [0.3, 0.4) is 0 Å². The molecule has 0 aliphatic carbocycles. The van der Waals surface area contributed by atoms with E-state index >= 15 is 0 Å². The molecule has 2 aromatic rings. The Labute approximate surface area is 126 Å². The van der Waals surface area contributed by atoms with Gasteiger partial charge in [-0.15, -0.1) is 0 Å². The van der Waals surface area contributed by atoms with Crippen LogP contribution in [0.2, 0.25) is 5.02 Å². The number of benzene rings is 1. The molecule has 1 unspecified atom stereocenters. The minimum Gasteiger partial charge on any atom is -0.271 e. The monoisotopic (exact) mass is 339 g/mol. The van der Waals surface area contributed by atoms with Gasteiger partial charge in [-0.1, -0.05) is 17.7 Å². The lowest BCUT2D eigenvalue weighted by Gasteiger charge is -2.17. The van der Waals surface area contributed by atoms with Crippen molar-refractivity contribution < 1.29 is 0 Å². The van der Waals surface area contributed by atoms with Gasteiger partial charge in [-0.05, 0) is 58.2 Å². The first-order valence-electron chi connectivity index (χ1n) is 5.92. The number of hydrazine groups is 1. The van der Waals surface area contributed by atoms with Crippen LogP contribution in [0.15, 0.2) is 41.0 Å². The zero-order valence-electron chi connectivity index (χ0n) is 10.5. The number of nitrogens with zero attached hydrogens (tertiary/aromatic N) is 1. The zero-order valence-corrected chi connectivity index (χ0v) is 12.9. The fourth-order valence-electron chi connectivity index (χ4n) is 1.98. The highest BCUT2D eigenvalue weighted by molar-refractivity contribution is 9.10. The third-order valence-electron chi connectivity index (χ3n) is 2.87. The van der Waals surface area contributed by atoms with Crippen LogP contribution in [0.4, 0.5) is 0 Å². The second-order valence-electron chi connectivity index (χ2n) is 4.45. The van der Waals surface area contributed by atoms with Gasteiger partial charge in [0, 0.05) is 27.8 Å². The number of aromatic nitrogens is 1. The van der Waals surface area contributed by atoms with Gasteiger partial charge in [-0.3, -0.25) is 16.3 Å². The van der Waals surface area contributed by atoms with E-state index in [4.69, 9.17) is 17.4 Å². The van der Waals surface area contributed by atoms with E-state index in [0.29, 0.717) is 6.42 Å². The van der Waals surface area contributed by atoms with E-state index in [1.54, 1.807) is 6.20 Å². The van der Waals surface area contributed by atoms with Crippen LogP contribution in [0.1, 0.15) is 22.9 Å². The van der Waals surface area contributed by atoms with Crippen LogP contribution in [-0.2, 0) is 6.42 Å². The molecule has 1 aromatic carbocycles. The summed E-state index contributed by atoms with van der Waals surface area (Å²) < 4.78 is 0.965. The smallest absolute Gasteiger partial charge is 0.0515 e. The fourth-order valence-corrected chi connectivity index (χ4v) is 2.51. The number of nitrogens with one attached hydrogen (secondary N) is 1. The van der Waals surface area contributed by atoms with Crippen molar-refractivity contribution >= 4 is 27.5 Å². The van der Waals surface area contributed by atoms with Gasteiger partial charge in [0.25, 0.3) is 0 Å². The second kappa shape index (κ2) is 6.48. The normalized spacial score (nSPS) is 12.4. The fraction of sp³-hybridized carbons (Fsp3) is 0.214. The highest BCUT2D eigenvalue weighted by Gasteiger charge is 2.12. The van der Waals surface area contributed by atoms with Gasteiger partial charge < -0.3 is 0 Å². The summed E-state index contributed by atoms with van der Waals surface area (Å²) in [6.07, 6.45) is 2.50. The van der Waals surface area contributed by atoms with Crippen LogP contribution < -0.4 is 11.3 Å². The van der Waals surface area contributed by atoms with Crippen molar-refractivity contribution in [2.45, 2.75) is 19.4 Å². The van der Waals surface area contributed by atoms with Crippen LogP contribution in [0.5, 0.6) is 0 Å². The quantitative estimate of drug-likeness (QED) is 0.661. The molecule has 0 saturated heterocycles. The van der Waals surface area contributed by atoms with Gasteiger partial charge in [-0.2, -0.15) is 0 Å². The Morgan fingerprint density at radius 1 is 1.37 bits per heavy atom. The molecule has 1 atom stereocenters. The zero-order chi connectivity index (χ0) is 13.8. The summed E-state index contributed by atoms with van der Waals surface area (Å²) >= 11 is 9.46. The summed E-state index contributed by atoms with van der Waals surface area (Å²) in [5.74, 6) is 5.65. The Morgan fingerprint density at radius 3 is 2.74 bits per heavy atom. The molecule has 1 heterocycles. The Kier molecular flexibility index (Phi) is 4.93. The minimum atomic E-state index is -0.00826. The molecule has 0 radical (unpaired) electrons. The lowest BCUT2D eigenvalue weighted by atomic mass is 10.0. The molecule has 0 aliphatic heterocycles. The van der Waals surface area contributed by atoms with Gasteiger partial charge in [0.2, 0.25) is 0 Å². The van der Waals surface area contributed by atoms with E-state index in [-0.39, 0.29) is 6.04 Å². The van der Waals surface area contributed by atoms with Crippen molar-refractivity contribution in [3.05, 3.63) is 62.8 Å². The van der Waals surface area contributed by atoms with E-state index in [2.05, 4.69) is 32.4 Å². The molecule has 1 aromatic heterocycles. The van der Waals surface area contributed by atoms with E-state index in [9.17, 15) is 0 Å². The maximum Gasteiger partial charge on any atom is 0.0515 e. The lowest BCUT2D eigenvalue weighted by Crippen LogP contribution is -2.29. The summed E-state index contributed by atoms with van der Waals surface area (Å²) in [5, 5.41) is 0.721. The van der Waals surface area contributed by atoms with Gasteiger partial charge in [0.1, 0.15) is 0 Å². The van der Waals surface area contributed by atoms with Crippen LogP contribution in [0.25, 0.3) is 0 Å². The number of aryl methyl sites for hydroxylation is 1. The highest BCUT2D eigenvalue weighted by Crippen LogP contribution is 2.22. The topological polar surface area (TPSA) is 50.9 Å². The summed E-state index contributed by atoms with van der Waals surface area (Å²) in [4.78, 5) is 4.36. The van der Waals surface area contributed by atoms with Crippen molar-refractivity contribution in [3.63, 3.8) is 0 Å². The number of hydrogen-bond acceptors (Lipinski definition) is 3. The van der Waals surface area contributed by atoms with Gasteiger partial charge >= 0.3 is 0 Å². The highest BCUT2D eigenvalue weighted by atomic mass is 79.9. The minimum absolute atomic E-state index is 0.00826. The number of hydrogen-bond donors (Lipinski definition) is 2. The molecule has 100 valence electrons. The van der Waals surface area contributed by atoms with Crippen LogP contribution >= 0.6 is 27.5 Å². The Bertz CT molecular complexity index is 537. The standard InChI is InChI=1S/C14H15BrClN3/c1-9-4-10(6-12(16)5-9)14(19-17)7-13-3-2-11(15)8-18-13/h2-6,8,14,19H,7,17H2,1H3. The summed E-state index contributed by atoms with van der Waals surface area (Å²) in [6, 6.07) is 9.88. The Balaban J connectivity index is 2.22. The van der Waals surface area contributed by atoms with Crippen LogP contribution in [0, 0.1) is 6.92 Å². The number of halogens is 2. The van der Waals surface area contributed by atoms with Crippen molar-refractivity contribution in [1.82, 2.24) is 10.4 Å². The summed E-state index contributed by atoms with van der Waals surface area (Å²) in [6.45, 7) is 2.01. The largest absolute Gasteiger partial charge is 0.271 e. The molecule has 3 nitrogen and oxygen atoms in total. The molecule has 0 saturated carbocycles. The Hall–Kier alpha value is -0.940. The molecule has 0 bridgehead atoms. The van der Waals surface area contributed by atoms with Gasteiger partial charge in [0.05, 0.1) is 6.04 Å². The third-order valence-corrected chi connectivity index (χ3v) is 3.56. The molecule has 0 spiro atoms. The van der Waals surface area contributed by atoms with Gasteiger partial charge in [0.15, 0.2) is 0 Å². The van der Waals surface area contributed by atoms with E-state index in [0.717, 1.165) is 26.3 Å². The van der Waals surface area contributed by atoms with Crippen molar-refractivity contribution in [1.29, 1.82) is 0 Å². The number of pyridine rings is 1. The second-order valence-corrected chi connectivity index (χ2v) is 5.81. The average molecular weight is 341 g/mol. The first kappa shape index (κ1) is 14.5. The van der Waals surface area contributed by atoms with Crippen molar-refractivity contribution in [2.24, 2.45) is 5.84 Å². The Morgan fingerprint density at radius 2 is 2.16 bits per heavy atom. The SMILES string of the molecule is Cc1cc(Cl)cc(C(Cc2ccc(Br)cn2)NN)c1. The van der Waals surface area contributed by atoms with Crippen molar-refractivity contribution in [3.8, 4) is 0 Å². The lowest BCUT2D eigenvalue weighted by molar-refractivity contribution is 0.545. The van der Waals surface area contributed by atoms with Crippen molar-refractivity contribution in [2.75, 3.05) is 0 Å². The molecule has 2 rings (SSSR count). The van der Waals surface area contributed by atoms with Crippen LogP contribution in [-0.4, -0.2) is 4.98 Å². The van der Waals surface area contributed by atoms with E-state index in [1.807, 2.05) is 31.2 Å². The number of nitrogens with two attached hydrogens (primary N) is 1. The first-order chi connectivity index (χ1) is 9.08. The molecule has 0 fully saturated rings. The molecular weight excluding hydrogens is 326 g/mol. The molecule has 0 aliphatic rings. The predicted octanol–water partition coefficient (Wildman–Crippen LogP) is 3.55. The first-order valence-corrected chi connectivity index (χ1v) is 7.09. The number of rotatable bonds is 4. The predicted molar refractivity (Wildman–Crippen MR) is 81.9 cm³/mol. The molecule has 19 heavy (non-hydrogen) atoms. The maximum absolute atomic E-state index is 6.08. The van der Waals surface area contributed by atoms with E-state index in [1.165, 1.54) is 0 Å². The third kappa shape index (κ3) is 4.01. The molecular formula is C14H15BrClN3. The summed E-state index contributed by atoms with van der Waals surface area (Å²) in [7, 11) is 0. The molecule has 3 N–H and O–H groups in total. The molecule has 0 amide bonds. The van der Waals surface area contributed by atoms with Gasteiger partial charge in [-0.25, -0.2) is 0 Å². The van der Waals surface area contributed by atoms with E-state index < -0.39 is 0 Å².